The summed E-state index contributed by atoms with van der Waals surface area (Å²) < 4.78 is 5.74. The predicted molar refractivity (Wildman–Crippen MR) is 88.4 cm³/mol. The van der Waals surface area contributed by atoms with E-state index in [0.717, 1.165) is 21.7 Å². The summed E-state index contributed by atoms with van der Waals surface area (Å²) in [5, 5.41) is 10.0. The van der Waals surface area contributed by atoms with E-state index in [-0.39, 0.29) is 0 Å². The topological polar surface area (TPSA) is 85.4 Å². The SMILES string of the molecule is CC(C)(O)C#Cc1ccc2c(c1)-c1nc(C(N)=O)sc1CCO2. The second kappa shape index (κ2) is 5.69. The molecule has 1 aromatic carbocycles. The number of thiazole rings is 1. The number of fused-ring (bicyclic) bond motifs is 3. The van der Waals surface area contributed by atoms with Crippen molar-refractivity contribution in [2.45, 2.75) is 25.9 Å². The monoisotopic (exact) mass is 328 g/mol. The molecule has 6 heteroatoms. The molecular formula is C17H16N2O3S. The van der Waals surface area contributed by atoms with E-state index in [9.17, 15) is 9.90 Å². The first-order valence-corrected chi connectivity index (χ1v) is 7.97. The number of carbonyl (C=O) groups excluding carboxylic acids is 1. The molecule has 1 aliphatic heterocycles. The number of benzene rings is 1. The maximum Gasteiger partial charge on any atom is 0.277 e. The molecule has 5 nitrogen and oxygen atoms in total. The van der Waals surface area contributed by atoms with Crippen LogP contribution in [0.1, 0.15) is 34.1 Å². The molecule has 1 aromatic heterocycles. The van der Waals surface area contributed by atoms with E-state index in [1.807, 2.05) is 18.2 Å². The molecule has 1 amide bonds. The summed E-state index contributed by atoms with van der Waals surface area (Å²) in [6, 6.07) is 5.54. The molecule has 0 fully saturated rings. The van der Waals surface area contributed by atoms with Gasteiger partial charge >= 0.3 is 0 Å². The molecule has 0 spiro atoms. The van der Waals surface area contributed by atoms with Gasteiger partial charge in [-0.05, 0) is 32.0 Å². The van der Waals surface area contributed by atoms with Crippen molar-refractivity contribution in [2.75, 3.05) is 6.61 Å². The van der Waals surface area contributed by atoms with E-state index in [4.69, 9.17) is 10.5 Å². The molecule has 0 bridgehead atoms. The fraction of sp³-hybridized carbons (Fsp3) is 0.294. The Kier molecular flexibility index (Phi) is 3.84. The van der Waals surface area contributed by atoms with Gasteiger partial charge in [0.25, 0.3) is 5.91 Å². The highest BCUT2D eigenvalue weighted by molar-refractivity contribution is 7.14. The van der Waals surface area contributed by atoms with Crippen molar-refractivity contribution < 1.29 is 14.6 Å². The van der Waals surface area contributed by atoms with Crippen LogP contribution in [-0.4, -0.2) is 28.2 Å². The molecule has 0 saturated heterocycles. The maximum atomic E-state index is 11.4. The van der Waals surface area contributed by atoms with Crippen LogP contribution in [0.3, 0.4) is 0 Å². The lowest BCUT2D eigenvalue weighted by Gasteiger charge is -2.08. The van der Waals surface area contributed by atoms with Gasteiger partial charge < -0.3 is 15.6 Å². The van der Waals surface area contributed by atoms with Crippen molar-refractivity contribution in [3.05, 3.63) is 33.6 Å². The Morgan fingerprint density at radius 3 is 2.96 bits per heavy atom. The van der Waals surface area contributed by atoms with E-state index >= 15 is 0 Å². The summed E-state index contributed by atoms with van der Waals surface area (Å²) in [7, 11) is 0. The van der Waals surface area contributed by atoms with Crippen LogP contribution in [0.4, 0.5) is 0 Å². The summed E-state index contributed by atoms with van der Waals surface area (Å²) in [6.45, 7) is 3.78. The van der Waals surface area contributed by atoms with Gasteiger partial charge in [0.05, 0.1) is 12.3 Å². The quantitative estimate of drug-likeness (QED) is 0.784. The van der Waals surface area contributed by atoms with Crippen LogP contribution in [-0.2, 0) is 6.42 Å². The third kappa shape index (κ3) is 3.36. The van der Waals surface area contributed by atoms with E-state index in [2.05, 4.69) is 16.8 Å². The number of primary amides is 1. The van der Waals surface area contributed by atoms with Gasteiger partial charge in [0.15, 0.2) is 5.01 Å². The molecule has 2 aromatic rings. The van der Waals surface area contributed by atoms with Crippen molar-refractivity contribution in [1.29, 1.82) is 0 Å². The Hall–Kier alpha value is -2.36. The Labute approximate surface area is 138 Å². The zero-order valence-electron chi connectivity index (χ0n) is 12.8. The number of ether oxygens (including phenoxy) is 1. The fourth-order valence-electron chi connectivity index (χ4n) is 2.23. The minimum atomic E-state index is -1.06. The molecule has 3 N–H and O–H groups in total. The Morgan fingerprint density at radius 2 is 2.26 bits per heavy atom. The Bertz CT molecular complexity index is 838. The number of nitrogens with zero attached hydrogens (tertiary/aromatic N) is 1. The Morgan fingerprint density at radius 1 is 1.48 bits per heavy atom. The van der Waals surface area contributed by atoms with Gasteiger partial charge in [0.1, 0.15) is 11.4 Å². The number of aromatic nitrogens is 1. The summed E-state index contributed by atoms with van der Waals surface area (Å²) in [4.78, 5) is 16.7. The van der Waals surface area contributed by atoms with Gasteiger partial charge in [-0.3, -0.25) is 4.79 Å². The molecule has 0 aliphatic carbocycles. The maximum absolute atomic E-state index is 11.4. The third-order valence-electron chi connectivity index (χ3n) is 3.24. The number of hydrogen-bond donors (Lipinski definition) is 2. The van der Waals surface area contributed by atoms with Crippen molar-refractivity contribution >= 4 is 17.2 Å². The zero-order valence-corrected chi connectivity index (χ0v) is 13.7. The zero-order chi connectivity index (χ0) is 16.6. The second-order valence-electron chi connectivity index (χ2n) is 5.77. The molecule has 0 atom stereocenters. The first-order chi connectivity index (χ1) is 10.8. The molecule has 1 aliphatic rings. The smallest absolute Gasteiger partial charge is 0.277 e. The molecule has 0 unspecified atom stereocenters. The third-order valence-corrected chi connectivity index (χ3v) is 4.37. The van der Waals surface area contributed by atoms with Crippen molar-refractivity contribution in [1.82, 2.24) is 4.98 Å². The van der Waals surface area contributed by atoms with Crippen molar-refractivity contribution in [3.8, 4) is 28.8 Å². The summed E-state index contributed by atoms with van der Waals surface area (Å²) in [6.07, 6.45) is 0.680. The molecular weight excluding hydrogens is 312 g/mol. The van der Waals surface area contributed by atoms with Gasteiger partial charge in [-0.25, -0.2) is 4.98 Å². The lowest BCUT2D eigenvalue weighted by Crippen LogP contribution is -2.14. The van der Waals surface area contributed by atoms with Crippen LogP contribution in [0.2, 0.25) is 0 Å². The predicted octanol–water partition coefficient (Wildman–Crippen LogP) is 1.97. The highest BCUT2D eigenvalue weighted by Gasteiger charge is 2.22. The average Bonchev–Trinajstić information content (AvgIpc) is 2.82. The van der Waals surface area contributed by atoms with E-state index < -0.39 is 11.5 Å². The summed E-state index contributed by atoms with van der Waals surface area (Å²) >= 11 is 1.30. The van der Waals surface area contributed by atoms with Gasteiger partial charge in [-0.2, -0.15) is 0 Å². The number of rotatable bonds is 1. The molecule has 0 saturated carbocycles. The van der Waals surface area contributed by atoms with Crippen LogP contribution in [0.15, 0.2) is 18.2 Å². The molecule has 3 rings (SSSR count). The van der Waals surface area contributed by atoms with Crippen LogP contribution < -0.4 is 10.5 Å². The molecule has 23 heavy (non-hydrogen) atoms. The van der Waals surface area contributed by atoms with Crippen LogP contribution >= 0.6 is 11.3 Å². The Balaban J connectivity index is 2.10. The van der Waals surface area contributed by atoms with E-state index in [1.54, 1.807) is 13.8 Å². The number of hydrogen-bond acceptors (Lipinski definition) is 5. The minimum absolute atomic E-state index is 0.302. The number of amides is 1. The largest absolute Gasteiger partial charge is 0.493 e. The first-order valence-electron chi connectivity index (χ1n) is 7.16. The van der Waals surface area contributed by atoms with Gasteiger partial charge in [0, 0.05) is 22.4 Å². The fourth-order valence-corrected chi connectivity index (χ4v) is 3.14. The lowest BCUT2D eigenvalue weighted by atomic mass is 10.0. The molecule has 0 radical (unpaired) electrons. The number of aliphatic hydroxyl groups is 1. The highest BCUT2D eigenvalue weighted by atomic mass is 32.1. The van der Waals surface area contributed by atoms with Crippen LogP contribution in [0.5, 0.6) is 5.75 Å². The molecule has 118 valence electrons. The van der Waals surface area contributed by atoms with Gasteiger partial charge in [-0.15, -0.1) is 11.3 Å². The first kappa shape index (κ1) is 15.5. The van der Waals surface area contributed by atoms with Crippen LogP contribution in [0.25, 0.3) is 11.3 Å². The minimum Gasteiger partial charge on any atom is -0.493 e. The number of carbonyl (C=O) groups is 1. The average molecular weight is 328 g/mol. The number of nitrogens with two attached hydrogens (primary N) is 1. The van der Waals surface area contributed by atoms with E-state index in [1.165, 1.54) is 11.3 Å². The normalized spacial score (nSPS) is 13.0. The van der Waals surface area contributed by atoms with Gasteiger partial charge in [0.2, 0.25) is 0 Å². The van der Waals surface area contributed by atoms with Crippen molar-refractivity contribution in [2.24, 2.45) is 5.73 Å². The molecule has 2 heterocycles. The second-order valence-corrected chi connectivity index (χ2v) is 6.86. The van der Waals surface area contributed by atoms with E-state index in [0.29, 0.717) is 23.8 Å². The summed E-state index contributed by atoms with van der Waals surface area (Å²) in [5.41, 5.74) is 6.54. The standard InChI is InChI=1S/C17H16N2O3S/c1-17(2,21)7-5-10-3-4-12-11(9-10)14-13(6-8-22-12)23-16(19-14)15(18)20/h3-4,9,21H,6,8H2,1-2H3,(H2,18,20). The van der Waals surface area contributed by atoms with Crippen LogP contribution in [0, 0.1) is 11.8 Å². The highest BCUT2D eigenvalue weighted by Crippen LogP contribution is 2.37. The lowest BCUT2D eigenvalue weighted by molar-refractivity contribution is 0.1000. The van der Waals surface area contributed by atoms with Gasteiger partial charge in [-0.1, -0.05) is 11.8 Å². The van der Waals surface area contributed by atoms with Crippen molar-refractivity contribution in [3.63, 3.8) is 0 Å². The summed E-state index contributed by atoms with van der Waals surface area (Å²) in [5.74, 6) is 5.91.